The lowest BCUT2D eigenvalue weighted by Crippen LogP contribution is -2.57. The van der Waals surface area contributed by atoms with Gasteiger partial charge in [-0.2, -0.15) is 0 Å². The summed E-state index contributed by atoms with van der Waals surface area (Å²) < 4.78 is 16.6. The van der Waals surface area contributed by atoms with Gasteiger partial charge in [-0.25, -0.2) is 4.79 Å². The fourth-order valence-corrected chi connectivity index (χ4v) is 2.02. The molecule has 0 aromatic heterocycles. The first-order valence-corrected chi connectivity index (χ1v) is 7.11. The molecule has 22 heavy (non-hydrogen) atoms. The zero-order valence-corrected chi connectivity index (χ0v) is 13.1. The van der Waals surface area contributed by atoms with E-state index in [0.29, 0.717) is 0 Å². The van der Waals surface area contributed by atoms with Crippen LogP contribution in [-0.4, -0.2) is 30.4 Å². The second-order valence-corrected chi connectivity index (χ2v) is 6.22. The maximum atomic E-state index is 11.9. The van der Waals surface area contributed by atoms with Gasteiger partial charge in [-0.3, -0.25) is 0 Å². The minimum atomic E-state index is -1.02. The van der Waals surface area contributed by atoms with E-state index in [1.165, 1.54) is 0 Å². The largest absolute Gasteiger partial charge is 0.444 e. The van der Waals surface area contributed by atoms with Gasteiger partial charge in [0.1, 0.15) is 5.60 Å². The van der Waals surface area contributed by atoms with E-state index < -0.39 is 23.5 Å². The zero-order valence-electron chi connectivity index (χ0n) is 13.1. The third-order valence-corrected chi connectivity index (χ3v) is 3.05. The molecule has 0 aliphatic carbocycles. The number of carbonyl (C=O) groups excluding carboxylic acids is 1. The van der Waals surface area contributed by atoms with Crippen molar-refractivity contribution in [2.24, 2.45) is 0 Å². The van der Waals surface area contributed by atoms with Gasteiger partial charge in [-0.1, -0.05) is 36.3 Å². The Hall–Kier alpha value is -2.03. The molecule has 1 fully saturated rings. The fourth-order valence-electron chi connectivity index (χ4n) is 2.02. The standard InChI is InChI=1S/C17H21NO4/c1-5-17(18-15(19)22-16(2,3)4)11-20-14(21-12-17)13-9-7-6-8-10-13/h1,6-10,14H,11-12H2,2-4H3,(H,18,19). The molecule has 1 aromatic rings. The number of benzene rings is 1. The molecule has 0 bridgehead atoms. The highest BCUT2D eigenvalue weighted by atomic mass is 16.7. The van der Waals surface area contributed by atoms with Crippen LogP contribution < -0.4 is 5.32 Å². The highest BCUT2D eigenvalue weighted by Gasteiger charge is 2.38. The van der Waals surface area contributed by atoms with E-state index in [1.54, 1.807) is 20.8 Å². The Bertz CT molecular complexity index is 548. The second kappa shape index (κ2) is 6.39. The van der Waals surface area contributed by atoms with Gasteiger partial charge in [-0.15, -0.1) is 6.42 Å². The van der Waals surface area contributed by atoms with Crippen LogP contribution in [0.5, 0.6) is 0 Å². The number of nitrogens with one attached hydrogen (secondary N) is 1. The number of ether oxygens (including phenoxy) is 3. The van der Waals surface area contributed by atoms with Crippen molar-refractivity contribution in [3.8, 4) is 12.3 Å². The minimum absolute atomic E-state index is 0.155. The molecule has 5 nitrogen and oxygen atoms in total. The van der Waals surface area contributed by atoms with Gasteiger partial charge in [-0.05, 0) is 20.8 Å². The Labute approximate surface area is 130 Å². The SMILES string of the molecule is C#CC1(NC(=O)OC(C)(C)C)COC(c2ccccc2)OC1. The van der Waals surface area contributed by atoms with Crippen LogP contribution >= 0.6 is 0 Å². The summed E-state index contributed by atoms with van der Waals surface area (Å²) in [6.45, 7) is 5.67. The van der Waals surface area contributed by atoms with Crippen molar-refractivity contribution in [2.75, 3.05) is 13.2 Å². The maximum Gasteiger partial charge on any atom is 0.409 e. The van der Waals surface area contributed by atoms with Crippen molar-refractivity contribution in [3.05, 3.63) is 35.9 Å². The summed E-state index contributed by atoms with van der Waals surface area (Å²) >= 11 is 0. The molecule has 5 heteroatoms. The number of hydrogen-bond donors (Lipinski definition) is 1. The van der Waals surface area contributed by atoms with Gasteiger partial charge in [0.15, 0.2) is 11.8 Å². The van der Waals surface area contributed by atoms with Crippen LogP contribution in [0, 0.1) is 12.3 Å². The van der Waals surface area contributed by atoms with Crippen LogP contribution in [0.25, 0.3) is 0 Å². The molecule has 2 rings (SSSR count). The lowest BCUT2D eigenvalue weighted by molar-refractivity contribution is -0.206. The normalized spacial score (nSPS) is 25.1. The highest BCUT2D eigenvalue weighted by molar-refractivity contribution is 5.69. The Balaban J connectivity index is 1.97. The summed E-state index contributed by atoms with van der Waals surface area (Å²) in [6, 6.07) is 9.56. The Morgan fingerprint density at radius 2 is 1.91 bits per heavy atom. The molecule has 1 saturated heterocycles. The molecule has 0 radical (unpaired) electrons. The van der Waals surface area contributed by atoms with Gasteiger partial charge in [0, 0.05) is 5.56 Å². The van der Waals surface area contributed by atoms with Gasteiger partial charge < -0.3 is 19.5 Å². The van der Waals surface area contributed by atoms with E-state index in [2.05, 4.69) is 11.2 Å². The number of amides is 1. The quantitative estimate of drug-likeness (QED) is 0.853. The average molecular weight is 303 g/mol. The third-order valence-electron chi connectivity index (χ3n) is 3.05. The minimum Gasteiger partial charge on any atom is -0.444 e. The Morgan fingerprint density at radius 3 is 2.41 bits per heavy atom. The molecular weight excluding hydrogens is 282 g/mol. The zero-order chi connectivity index (χ0) is 16.2. The predicted molar refractivity (Wildman–Crippen MR) is 82.0 cm³/mol. The molecule has 1 heterocycles. The van der Waals surface area contributed by atoms with Crippen molar-refractivity contribution in [1.29, 1.82) is 0 Å². The molecule has 118 valence electrons. The number of hydrogen-bond acceptors (Lipinski definition) is 4. The van der Waals surface area contributed by atoms with Crippen molar-refractivity contribution in [3.63, 3.8) is 0 Å². The van der Waals surface area contributed by atoms with Crippen LogP contribution in [0.15, 0.2) is 30.3 Å². The van der Waals surface area contributed by atoms with E-state index in [4.69, 9.17) is 20.6 Å². The number of alkyl carbamates (subject to hydrolysis) is 1. The predicted octanol–water partition coefficient (Wildman–Crippen LogP) is 2.63. The Kier molecular flexibility index (Phi) is 4.74. The molecule has 1 aromatic carbocycles. The number of terminal acetylenes is 1. The van der Waals surface area contributed by atoms with Gasteiger partial charge in [0.05, 0.1) is 13.2 Å². The highest BCUT2D eigenvalue weighted by Crippen LogP contribution is 2.26. The van der Waals surface area contributed by atoms with Crippen LogP contribution in [-0.2, 0) is 14.2 Å². The van der Waals surface area contributed by atoms with E-state index >= 15 is 0 Å². The van der Waals surface area contributed by atoms with Crippen LogP contribution in [0.3, 0.4) is 0 Å². The molecule has 1 aliphatic heterocycles. The maximum absolute atomic E-state index is 11.9. The first kappa shape index (κ1) is 16.3. The van der Waals surface area contributed by atoms with Crippen LogP contribution in [0.1, 0.15) is 32.6 Å². The van der Waals surface area contributed by atoms with E-state index in [-0.39, 0.29) is 13.2 Å². The van der Waals surface area contributed by atoms with E-state index in [0.717, 1.165) is 5.56 Å². The van der Waals surface area contributed by atoms with E-state index in [9.17, 15) is 4.79 Å². The van der Waals surface area contributed by atoms with Gasteiger partial charge in [0.2, 0.25) is 0 Å². The van der Waals surface area contributed by atoms with Crippen molar-refractivity contribution < 1.29 is 19.0 Å². The molecule has 1 aliphatic rings. The molecule has 0 atom stereocenters. The van der Waals surface area contributed by atoms with E-state index in [1.807, 2.05) is 30.3 Å². The summed E-state index contributed by atoms with van der Waals surface area (Å²) in [5.41, 5.74) is -0.707. The molecule has 1 N–H and O–H groups in total. The summed E-state index contributed by atoms with van der Waals surface area (Å²) in [6.07, 6.45) is 4.48. The summed E-state index contributed by atoms with van der Waals surface area (Å²) in [4.78, 5) is 11.9. The molecule has 1 amide bonds. The monoisotopic (exact) mass is 303 g/mol. The van der Waals surface area contributed by atoms with Crippen LogP contribution in [0.4, 0.5) is 4.79 Å². The number of rotatable bonds is 2. The molecule has 0 spiro atoms. The lowest BCUT2D eigenvalue weighted by atomic mass is 10.0. The Morgan fingerprint density at radius 1 is 1.32 bits per heavy atom. The average Bonchev–Trinajstić information content (AvgIpc) is 2.47. The van der Waals surface area contributed by atoms with Crippen molar-refractivity contribution in [2.45, 2.75) is 38.2 Å². The topological polar surface area (TPSA) is 56.8 Å². The third kappa shape index (κ3) is 4.23. The lowest BCUT2D eigenvalue weighted by Gasteiger charge is -2.37. The summed E-state index contributed by atoms with van der Waals surface area (Å²) in [5.74, 6) is 2.54. The van der Waals surface area contributed by atoms with Gasteiger partial charge >= 0.3 is 6.09 Å². The van der Waals surface area contributed by atoms with Gasteiger partial charge in [0.25, 0.3) is 0 Å². The van der Waals surface area contributed by atoms with Crippen molar-refractivity contribution in [1.82, 2.24) is 5.32 Å². The molecule has 0 unspecified atom stereocenters. The second-order valence-electron chi connectivity index (χ2n) is 6.22. The summed E-state index contributed by atoms with van der Waals surface area (Å²) in [5, 5.41) is 2.66. The molecule has 0 saturated carbocycles. The van der Waals surface area contributed by atoms with Crippen LogP contribution in [0.2, 0.25) is 0 Å². The smallest absolute Gasteiger partial charge is 0.409 e. The summed E-state index contributed by atoms with van der Waals surface area (Å²) in [7, 11) is 0. The first-order chi connectivity index (χ1) is 10.3. The number of carbonyl (C=O) groups is 1. The molecular formula is C17H21NO4. The first-order valence-electron chi connectivity index (χ1n) is 7.11. The van der Waals surface area contributed by atoms with Crippen molar-refractivity contribution >= 4 is 6.09 Å². The fraction of sp³-hybridized carbons (Fsp3) is 0.471.